The highest BCUT2D eigenvalue weighted by atomic mass is 32.2. The zero-order valence-electron chi connectivity index (χ0n) is 27.4. The van der Waals surface area contributed by atoms with Gasteiger partial charge >= 0.3 is 12.4 Å². The SMILES string of the molecule is CS(=O)(=O)c1ccc2nc(-c3cccc(C(F)(F)F)c3)c(CN3CCC(N4CC[C@H](F)C4)CC3)c(C(=O)NC(c3ccccc3)C(F)(F)F)c2c1. The monoisotopic (exact) mass is 736 g/mol. The maximum absolute atomic E-state index is 14.5. The van der Waals surface area contributed by atoms with Crippen molar-refractivity contribution in [3.8, 4) is 11.3 Å². The predicted octanol–water partition coefficient (Wildman–Crippen LogP) is 7.37. The van der Waals surface area contributed by atoms with Crippen LogP contribution in [0.15, 0.2) is 77.7 Å². The van der Waals surface area contributed by atoms with E-state index < -0.39 is 45.9 Å². The van der Waals surface area contributed by atoms with Crippen LogP contribution in [0.25, 0.3) is 22.2 Å². The van der Waals surface area contributed by atoms with Crippen molar-refractivity contribution in [1.82, 2.24) is 20.1 Å². The number of amides is 1. The van der Waals surface area contributed by atoms with E-state index >= 15 is 0 Å². The minimum Gasteiger partial charge on any atom is -0.337 e. The summed E-state index contributed by atoms with van der Waals surface area (Å²) in [4.78, 5) is 22.8. The van der Waals surface area contributed by atoms with Gasteiger partial charge in [-0.05, 0) is 68.2 Å². The number of halogens is 7. The summed E-state index contributed by atoms with van der Waals surface area (Å²) in [5, 5.41) is 2.03. The molecule has 1 unspecified atom stereocenters. The molecular formula is C36H35F7N4O3S. The van der Waals surface area contributed by atoms with Crippen LogP contribution in [0.1, 0.15) is 52.4 Å². The van der Waals surface area contributed by atoms with Crippen molar-refractivity contribution in [2.45, 2.75) is 61.3 Å². The van der Waals surface area contributed by atoms with Crippen molar-refractivity contribution in [2.75, 3.05) is 32.4 Å². The molecule has 1 N–H and O–H groups in total. The fourth-order valence-corrected chi connectivity index (χ4v) is 7.60. The Labute approximate surface area is 290 Å². The lowest BCUT2D eigenvalue weighted by Crippen LogP contribution is -2.44. The summed E-state index contributed by atoms with van der Waals surface area (Å²) >= 11 is 0. The molecule has 0 bridgehead atoms. The minimum atomic E-state index is -4.95. The molecule has 0 radical (unpaired) electrons. The van der Waals surface area contributed by atoms with Crippen LogP contribution in [0.3, 0.4) is 0 Å². The van der Waals surface area contributed by atoms with Crippen LogP contribution in [-0.4, -0.2) is 79.9 Å². The van der Waals surface area contributed by atoms with E-state index in [2.05, 4.69) is 15.2 Å². The summed E-state index contributed by atoms with van der Waals surface area (Å²) < 4.78 is 124. The third kappa shape index (κ3) is 8.20. The normalized spacial score (nSPS) is 19.0. The van der Waals surface area contributed by atoms with Crippen LogP contribution in [0.5, 0.6) is 0 Å². The van der Waals surface area contributed by atoms with Gasteiger partial charge in [0.1, 0.15) is 6.17 Å². The van der Waals surface area contributed by atoms with Crippen molar-refractivity contribution in [3.05, 3.63) is 95.1 Å². The second-order valence-corrected chi connectivity index (χ2v) is 15.1. The Balaban J connectivity index is 1.52. The fourth-order valence-electron chi connectivity index (χ4n) is 6.95. The molecule has 2 saturated heterocycles. The van der Waals surface area contributed by atoms with Crippen LogP contribution in [0.2, 0.25) is 0 Å². The number of nitrogens with zero attached hydrogens (tertiary/aromatic N) is 3. The Morgan fingerprint density at radius 3 is 2.24 bits per heavy atom. The topological polar surface area (TPSA) is 82.6 Å². The number of hydrogen-bond acceptors (Lipinski definition) is 6. The lowest BCUT2D eigenvalue weighted by Gasteiger charge is -2.37. The van der Waals surface area contributed by atoms with Gasteiger partial charge in [-0.3, -0.25) is 14.6 Å². The number of likely N-dealkylation sites (tertiary alicyclic amines) is 2. The maximum atomic E-state index is 14.5. The molecule has 2 atom stereocenters. The Morgan fingerprint density at radius 2 is 1.63 bits per heavy atom. The van der Waals surface area contributed by atoms with Crippen molar-refractivity contribution in [3.63, 3.8) is 0 Å². The van der Waals surface area contributed by atoms with Gasteiger partial charge in [0.25, 0.3) is 5.91 Å². The van der Waals surface area contributed by atoms with E-state index in [0.29, 0.717) is 45.4 Å². The number of aromatic nitrogens is 1. The van der Waals surface area contributed by atoms with Crippen molar-refractivity contribution in [2.24, 2.45) is 0 Å². The summed E-state index contributed by atoms with van der Waals surface area (Å²) in [5.41, 5.74) is -1.62. The number of carbonyl (C=O) groups is 1. The molecule has 15 heteroatoms. The largest absolute Gasteiger partial charge is 0.416 e. The molecule has 2 aliphatic heterocycles. The number of sulfone groups is 1. The van der Waals surface area contributed by atoms with Gasteiger partial charge < -0.3 is 5.32 Å². The van der Waals surface area contributed by atoms with E-state index in [1.165, 1.54) is 54.6 Å². The van der Waals surface area contributed by atoms with Crippen molar-refractivity contribution < 1.29 is 43.9 Å². The zero-order valence-corrected chi connectivity index (χ0v) is 28.3. The first-order valence-electron chi connectivity index (χ1n) is 16.4. The number of benzene rings is 3. The van der Waals surface area contributed by atoms with Crippen LogP contribution >= 0.6 is 0 Å². The van der Waals surface area contributed by atoms with E-state index in [9.17, 15) is 43.9 Å². The summed E-state index contributed by atoms with van der Waals surface area (Å²) in [6.45, 7) is 1.74. The van der Waals surface area contributed by atoms with Crippen LogP contribution in [0, 0.1) is 0 Å². The smallest absolute Gasteiger partial charge is 0.337 e. The first kappa shape index (κ1) is 36.7. The first-order valence-corrected chi connectivity index (χ1v) is 18.3. The van der Waals surface area contributed by atoms with Gasteiger partial charge in [-0.15, -0.1) is 0 Å². The van der Waals surface area contributed by atoms with Gasteiger partial charge in [0.15, 0.2) is 15.9 Å². The number of piperidine rings is 1. The molecule has 4 aromatic rings. The number of carbonyl (C=O) groups excluding carboxylic acids is 1. The molecule has 2 aliphatic rings. The van der Waals surface area contributed by atoms with Crippen molar-refractivity contribution in [1.29, 1.82) is 0 Å². The molecule has 7 nitrogen and oxygen atoms in total. The molecule has 3 aromatic carbocycles. The maximum Gasteiger partial charge on any atom is 0.416 e. The van der Waals surface area contributed by atoms with Gasteiger partial charge in [0.05, 0.1) is 27.2 Å². The number of alkyl halides is 7. The Kier molecular flexibility index (Phi) is 10.2. The number of rotatable bonds is 8. The molecule has 272 valence electrons. The molecule has 0 aliphatic carbocycles. The van der Waals surface area contributed by atoms with E-state index in [0.717, 1.165) is 24.5 Å². The molecule has 1 amide bonds. The second-order valence-electron chi connectivity index (χ2n) is 13.1. The average molecular weight is 737 g/mol. The molecule has 51 heavy (non-hydrogen) atoms. The molecule has 0 saturated carbocycles. The fraction of sp³-hybridized carbons (Fsp3) is 0.389. The van der Waals surface area contributed by atoms with Gasteiger partial charge in [-0.25, -0.2) is 17.8 Å². The molecule has 1 aromatic heterocycles. The standard InChI is InChI=1S/C36H35F7N4O3S/c1-51(49,50)27-10-11-30-28(19-27)31(34(48)45-33(36(41,42)43)22-6-3-2-4-7-22)29(32(44-30)23-8-5-9-24(18-23)35(38,39)40)21-46-15-13-26(14-16-46)47-17-12-25(37)20-47/h2-11,18-19,25-26,33H,12-17,20-21H2,1H3,(H,45,48)/t25-,33?/m0/s1. The Bertz CT molecular complexity index is 2020. The summed E-state index contributed by atoms with van der Waals surface area (Å²) in [5.74, 6) is -1.21. The lowest BCUT2D eigenvalue weighted by atomic mass is 9.93. The van der Waals surface area contributed by atoms with E-state index in [-0.39, 0.29) is 56.3 Å². The van der Waals surface area contributed by atoms with Crippen LogP contribution in [-0.2, 0) is 22.6 Å². The Hall–Kier alpha value is -4.08. The molecule has 0 spiro atoms. The van der Waals surface area contributed by atoms with Crippen molar-refractivity contribution >= 4 is 26.6 Å². The number of nitrogens with one attached hydrogen (secondary N) is 1. The van der Waals surface area contributed by atoms with Gasteiger partial charge in [-0.2, -0.15) is 26.3 Å². The highest BCUT2D eigenvalue weighted by molar-refractivity contribution is 7.90. The van der Waals surface area contributed by atoms with E-state index in [1.54, 1.807) is 0 Å². The lowest BCUT2D eigenvalue weighted by molar-refractivity contribution is -0.155. The molecule has 6 rings (SSSR count). The van der Waals surface area contributed by atoms with Crippen LogP contribution in [0.4, 0.5) is 30.7 Å². The molecule has 3 heterocycles. The van der Waals surface area contributed by atoms with Gasteiger partial charge in [0, 0.05) is 48.4 Å². The van der Waals surface area contributed by atoms with Gasteiger partial charge in [-0.1, -0.05) is 42.5 Å². The highest BCUT2D eigenvalue weighted by Crippen LogP contribution is 2.38. The van der Waals surface area contributed by atoms with E-state index in [1.807, 2.05) is 4.90 Å². The highest BCUT2D eigenvalue weighted by Gasteiger charge is 2.43. The summed E-state index contributed by atoms with van der Waals surface area (Å²) in [6.07, 6.45) is -7.96. The zero-order chi connectivity index (χ0) is 36.7. The number of hydrogen-bond donors (Lipinski definition) is 1. The minimum absolute atomic E-state index is 0.000463. The third-order valence-corrected chi connectivity index (χ3v) is 10.6. The molecular weight excluding hydrogens is 701 g/mol. The third-order valence-electron chi connectivity index (χ3n) is 9.53. The number of pyridine rings is 1. The predicted molar refractivity (Wildman–Crippen MR) is 177 cm³/mol. The van der Waals surface area contributed by atoms with Crippen LogP contribution < -0.4 is 5.32 Å². The van der Waals surface area contributed by atoms with Gasteiger partial charge in [0.2, 0.25) is 0 Å². The summed E-state index contributed by atoms with van der Waals surface area (Å²) in [6, 6.07) is 12.3. The summed E-state index contributed by atoms with van der Waals surface area (Å²) in [7, 11) is -3.87. The number of fused-ring (bicyclic) bond motifs is 1. The average Bonchev–Trinajstić information content (AvgIpc) is 3.52. The molecule has 2 fully saturated rings. The Morgan fingerprint density at radius 1 is 0.922 bits per heavy atom. The first-order chi connectivity index (χ1) is 24.0. The second kappa shape index (κ2) is 14.2. The quantitative estimate of drug-likeness (QED) is 0.191. The van der Waals surface area contributed by atoms with E-state index in [4.69, 9.17) is 0 Å².